The summed E-state index contributed by atoms with van der Waals surface area (Å²) in [4.78, 5) is 6.64. The number of nitrogens with one attached hydrogen (secondary N) is 2. The zero-order valence-corrected chi connectivity index (χ0v) is 12.8. The van der Waals surface area contributed by atoms with Crippen molar-refractivity contribution in [2.45, 2.75) is 37.8 Å². The van der Waals surface area contributed by atoms with E-state index in [1.165, 1.54) is 25.7 Å². The second-order valence-electron chi connectivity index (χ2n) is 5.74. The van der Waals surface area contributed by atoms with Crippen LogP contribution in [0.1, 0.15) is 31.2 Å². The summed E-state index contributed by atoms with van der Waals surface area (Å²) >= 11 is 0. The molecule has 1 aromatic heterocycles. The van der Waals surface area contributed by atoms with Gasteiger partial charge < -0.3 is 20.0 Å². The van der Waals surface area contributed by atoms with Gasteiger partial charge in [0.1, 0.15) is 0 Å². The van der Waals surface area contributed by atoms with E-state index in [0.717, 1.165) is 24.6 Å². The first-order chi connectivity index (χ1) is 9.66. The molecule has 0 spiro atoms. The fourth-order valence-electron chi connectivity index (χ4n) is 2.86. The monoisotopic (exact) mass is 278 g/mol. The van der Waals surface area contributed by atoms with Gasteiger partial charge in [0.2, 0.25) is 0 Å². The van der Waals surface area contributed by atoms with E-state index in [2.05, 4.69) is 34.6 Å². The second-order valence-corrected chi connectivity index (χ2v) is 5.74. The molecule has 0 aromatic carbocycles. The summed E-state index contributed by atoms with van der Waals surface area (Å²) in [5, 5.41) is 6.77. The Hall–Kier alpha value is -1.49. The molecule has 1 heterocycles. The molecule has 1 saturated carbocycles. The van der Waals surface area contributed by atoms with E-state index in [1.54, 1.807) is 12.5 Å². The van der Waals surface area contributed by atoms with Crippen molar-refractivity contribution in [1.29, 1.82) is 0 Å². The Morgan fingerprint density at radius 3 is 2.65 bits per heavy atom. The van der Waals surface area contributed by atoms with Crippen LogP contribution in [-0.4, -0.2) is 44.1 Å². The van der Waals surface area contributed by atoms with Crippen molar-refractivity contribution in [3.63, 3.8) is 0 Å². The fourth-order valence-corrected chi connectivity index (χ4v) is 2.86. The fraction of sp³-hybridized carbons (Fsp3) is 0.667. The third kappa shape index (κ3) is 3.54. The number of hydrogen-bond acceptors (Lipinski definition) is 3. The van der Waals surface area contributed by atoms with Gasteiger partial charge in [-0.2, -0.15) is 0 Å². The van der Waals surface area contributed by atoms with Crippen molar-refractivity contribution in [2.24, 2.45) is 4.99 Å². The minimum atomic E-state index is 0.271. The van der Waals surface area contributed by atoms with Gasteiger partial charge in [-0.25, -0.2) is 0 Å². The minimum Gasteiger partial charge on any atom is -0.472 e. The smallest absolute Gasteiger partial charge is 0.191 e. The number of nitrogens with zero attached hydrogens (tertiary/aromatic N) is 2. The highest BCUT2D eigenvalue weighted by atomic mass is 16.3. The van der Waals surface area contributed by atoms with Crippen LogP contribution in [0.3, 0.4) is 0 Å². The van der Waals surface area contributed by atoms with Crippen LogP contribution in [0, 0.1) is 0 Å². The molecule has 20 heavy (non-hydrogen) atoms. The largest absolute Gasteiger partial charge is 0.472 e. The maximum Gasteiger partial charge on any atom is 0.191 e. The van der Waals surface area contributed by atoms with Crippen molar-refractivity contribution in [3.8, 4) is 0 Å². The molecule has 0 bridgehead atoms. The van der Waals surface area contributed by atoms with Crippen LogP contribution in [0.25, 0.3) is 0 Å². The lowest BCUT2D eigenvalue weighted by Gasteiger charge is -2.37. The lowest BCUT2D eigenvalue weighted by molar-refractivity contribution is 0.160. The van der Waals surface area contributed by atoms with E-state index in [0.29, 0.717) is 0 Å². The second kappa shape index (κ2) is 6.79. The van der Waals surface area contributed by atoms with E-state index in [-0.39, 0.29) is 5.54 Å². The number of guanidine groups is 1. The molecule has 0 aliphatic heterocycles. The van der Waals surface area contributed by atoms with Gasteiger partial charge in [0.05, 0.1) is 12.5 Å². The zero-order chi connectivity index (χ0) is 14.4. The van der Waals surface area contributed by atoms with Crippen LogP contribution >= 0.6 is 0 Å². The third-order valence-electron chi connectivity index (χ3n) is 4.33. The molecule has 1 aromatic rings. The minimum absolute atomic E-state index is 0.271. The van der Waals surface area contributed by atoms with Crippen molar-refractivity contribution >= 4 is 5.96 Å². The van der Waals surface area contributed by atoms with E-state index >= 15 is 0 Å². The van der Waals surface area contributed by atoms with E-state index in [4.69, 9.17) is 4.42 Å². The van der Waals surface area contributed by atoms with Gasteiger partial charge in [-0.15, -0.1) is 0 Å². The number of hydrogen-bond donors (Lipinski definition) is 2. The molecule has 1 aliphatic carbocycles. The van der Waals surface area contributed by atoms with Gasteiger partial charge in [0.15, 0.2) is 5.96 Å². The molecular weight excluding hydrogens is 252 g/mol. The Bertz CT molecular complexity index is 419. The number of rotatable bonds is 5. The molecule has 0 radical (unpaired) electrons. The summed E-state index contributed by atoms with van der Waals surface area (Å²) in [5.74, 6) is 0.847. The molecule has 0 atom stereocenters. The molecule has 0 unspecified atom stereocenters. The maximum absolute atomic E-state index is 5.06. The average molecular weight is 278 g/mol. The average Bonchev–Trinajstić information content (AvgIpc) is 3.10. The van der Waals surface area contributed by atoms with Crippen molar-refractivity contribution < 1.29 is 4.42 Å². The van der Waals surface area contributed by atoms with E-state index < -0.39 is 0 Å². The quantitative estimate of drug-likeness (QED) is 0.637. The summed E-state index contributed by atoms with van der Waals surface area (Å²) in [6.45, 7) is 1.66. The Morgan fingerprint density at radius 1 is 1.35 bits per heavy atom. The Balaban J connectivity index is 1.84. The normalized spacial score (nSPS) is 18.5. The zero-order valence-electron chi connectivity index (χ0n) is 12.8. The molecule has 2 N–H and O–H groups in total. The van der Waals surface area contributed by atoms with Crippen LogP contribution in [0.4, 0.5) is 0 Å². The predicted molar refractivity (Wildman–Crippen MR) is 81.8 cm³/mol. The van der Waals surface area contributed by atoms with Crippen LogP contribution < -0.4 is 10.6 Å². The molecule has 5 nitrogen and oxygen atoms in total. The highest BCUT2D eigenvalue weighted by Gasteiger charge is 2.35. The Kier molecular flexibility index (Phi) is 5.06. The Morgan fingerprint density at radius 2 is 2.10 bits per heavy atom. The highest BCUT2D eigenvalue weighted by molar-refractivity contribution is 5.79. The van der Waals surface area contributed by atoms with Crippen LogP contribution in [0.2, 0.25) is 0 Å². The van der Waals surface area contributed by atoms with Gasteiger partial charge in [-0.05, 0) is 33.0 Å². The topological polar surface area (TPSA) is 52.8 Å². The number of likely N-dealkylation sites (N-methyl/N-ethyl adjacent to an activating group) is 1. The first kappa shape index (κ1) is 14.9. The summed E-state index contributed by atoms with van der Waals surface area (Å²) in [6.07, 6.45) is 8.59. The van der Waals surface area contributed by atoms with Gasteiger partial charge in [0, 0.05) is 31.2 Å². The van der Waals surface area contributed by atoms with Gasteiger partial charge in [0.25, 0.3) is 0 Å². The third-order valence-corrected chi connectivity index (χ3v) is 4.33. The summed E-state index contributed by atoms with van der Waals surface area (Å²) < 4.78 is 5.06. The molecule has 5 heteroatoms. The summed E-state index contributed by atoms with van der Waals surface area (Å²) in [5.41, 5.74) is 1.39. The molecule has 1 aliphatic rings. The van der Waals surface area contributed by atoms with Crippen molar-refractivity contribution in [3.05, 3.63) is 24.2 Å². The van der Waals surface area contributed by atoms with Crippen LogP contribution in [0.15, 0.2) is 28.0 Å². The lowest BCUT2D eigenvalue weighted by Crippen LogP contribution is -2.52. The van der Waals surface area contributed by atoms with Crippen molar-refractivity contribution in [1.82, 2.24) is 15.5 Å². The predicted octanol–water partition coefficient (Wildman–Crippen LogP) is 1.82. The molecule has 2 rings (SSSR count). The van der Waals surface area contributed by atoms with Gasteiger partial charge >= 0.3 is 0 Å². The molecule has 0 amide bonds. The molecule has 1 fully saturated rings. The van der Waals surface area contributed by atoms with Gasteiger partial charge in [-0.1, -0.05) is 12.8 Å². The number of aliphatic imine (C=N–C) groups is 1. The standard InChI is InChI=1S/C15H26N4O/c1-16-14(17-10-13-6-9-20-11-13)18-12-15(19(2)3)7-4-5-8-15/h6,9,11H,4-5,7-8,10,12H2,1-3H3,(H2,16,17,18). The number of furan rings is 1. The lowest BCUT2D eigenvalue weighted by atomic mass is 9.96. The van der Waals surface area contributed by atoms with Gasteiger partial charge in [-0.3, -0.25) is 4.99 Å². The molecular formula is C15H26N4O. The van der Waals surface area contributed by atoms with Crippen molar-refractivity contribution in [2.75, 3.05) is 27.7 Å². The molecule has 0 saturated heterocycles. The highest BCUT2D eigenvalue weighted by Crippen LogP contribution is 2.32. The maximum atomic E-state index is 5.06. The first-order valence-electron chi connectivity index (χ1n) is 7.29. The SMILES string of the molecule is CN=C(NCc1ccoc1)NCC1(N(C)C)CCCC1. The first-order valence-corrected chi connectivity index (χ1v) is 7.29. The van der Waals surface area contributed by atoms with Crippen LogP contribution in [-0.2, 0) is 6.54 Å². The summed E-state index contributed by atoms with van der Waals surface area (Å²) in [7, 11) is 6.16. The van der Waals surface area contributed by atoms with E-state index in [1.807, 2.05) is 13.1 Å². The molecule has 112 valence electrons. The Labute approximate surface area is 121 Å². The summed E-state index contributed by atoms with van der Waals surface area (Å²) in [6, 6.07) is 1.96. The van der Waals surface area contributed by atoms with Crippen LogP contribution in [0.5, 0.6) is 0 Å². The van der Waals surface area contributed by atoms with E-state index in [9.17, 15) is 0 Å².